The second kappa shape index (κ2) is 6.07. The SMILES string of the molecule is CNCCCC(C)C(=O)c1nc2ccccc2s1. The van der Waals surface area contributed by atoms with Gasteiger partial charge in [-0.15, -0.1) is 11.3 Å². The number of Topliss-reactive ketones (excluding diaryl/α,β-unsaturated/α-hetero) is 1. The molecule has 0 aliphatic carbocycles. The van der Waals surface area contributed by atoms with E-state index in [4.69, 9.17) is 0 Å². The van der Waals surface area contributed by atoms with Gasteiger partial charge in [-0.3, -0.25) is 4.79 Å². The molecule has 0 radical (unpaired) electrons. The van der Waals surface area contributed by atoms with Crippen LogP contribution >= 0.6 is 11.3 Å². The molecule has 0 saturated carbocycles. The van der Waals surface area contributed by atoms with Crippen molar-refractivity contribution in [2.75, 3.05) is 13.6 Å². The van der Waals surface area contributed by atoms with Crippen LogP contribution in [-0.2, 0) is 0 Å². The van der Waals surface area contributed by atoms with Crippen molar-refractivity contribution in [1.82, 2.24) is 10.3 Å². The fourth-order valence-corrected chi connectivity index (χ4v) is 2.92. The smallest absolute Gasteiger partial charge is 0.194 e. The third-order valence-electron chi connectivity index (χ3n) is 3.02. The third-order valence-corrected chi connectivity index (χ3v) is 4.07. The maximum atomic E-state index is 12.2. The third kappa shape index (κ3) is 2.94. The van der Waals surface area contributed by atoms with Crippen molar-refractivity contribution in [3.8, 4) is 0 Å². The number of rotatable bonds is 6. The zero-order valence-electron chi connectivity index (χ0n) is 10.8. The van der Waals surface area contributed by atoms with Crippen molar-refractivity contribution in [2.24, 2.45) is 5.92 Å². The molecule has 1 heterocycles. The number of para-hydroxylation sites is 1. The number of hydrogen-bond donors (Lipinski definition) is 1. The van der Waals surface area contributed by atoms with Crippen molar-refractivity contribution in [1.29, 1.82) is 0 Å². The van der Waals surface area contributed by atoms with E-state index < -0.39 is 0 Å². The number of hydrogen-bond acceptors (Lipinski definition) is 4. The summed E-state index contributed by atoms with van der Waals surface area (Å²) in [5.74, 6) is 0.228. The van der Waals surface area contributed by atoms with Gasteiger partial charge in [0.1, 0.15) is 0 Å². The van der Waals surface area contributed by atoms with Crippen LogP contribution in [0.2, 0.25) is 0 Å². The minimum Gasteiger partial charge on any atom is -0.320 e. The molecule has 2 aromatic rings. The summed E-state index contributed by atoms with van der Waals surface area (Å²) in [7, 11) is 1.93. The van der Waals surface area contributed by atoms with E-state index in [0.717, 1.165) is 29.6 Å². The quantitative estimate of drug-likeness (QED) is 0.642. The van der Waals surface area contributed by atoms with Gasteiger partial charge in [-0.2, -0.15) is 0 Å². The van der Waals surface area contributed by atoms with Gasteiger partial charge in [-0.05, 0) is 38.6 Å². The number of thiazole rings is 1. The highest BCUT2D eigenvalue weighted by Gasteiger charge is 2.18. The lowest BCUT2D eigenvalue weighted by atomic mass is 10.0. The molecule has 1 unspecified atom stereocenters. The molecule has 96 valence electrons. The number of nitrogens with one attached hydrogen (secondary N) is 1. The van der Waals surface area contributed by atoms with Gasteiger partial charge in [-0.25, -0.2) is 4.98 Å². The van der Waals surface area contributed by atoms with E-state index in [9.17, 15) is 4.79 Å². The Morgan fingerprint density at radius 1 is 1.44 bits per heavy atom. The highest BCUT2D eigenvalue weighted by Crippen LogP contribution is 2.24. The summed E-state index contributed by atoms with van der Waals surface area (Å²) in [6.07, 6.45) is 1.93. The molecular formula is C14H18N2OS. The molecule has 1 aromatic heterocycles. The van der Waals surface area contributed by atoms with Gasteiger partial charge < -0.3 is 5.32 Å². The predicted molar refractivity (Wildman–Crippen MR) is 76.3 cm³/mol. The Bertz CT molecular complexity index is 502. The average Bonchev–Trinajstić information content (AvgIpc) is 2.81. The second-order valence-electron chi connectivity index (χ2n) is 4.50. The van der Waals surface area contributed by atoms with Crippen LogP contribution in [0.1, 0.15) is 29.6 Å². The zero-order valence-corrected chi connectivity index (χ0v) is 11.6. The summed E-state index contributed by atoms with van der Waals surface area (Å²) in [5.41, 5.74) is 0.924. The van der Waals surface area contributed by atoms with Crippen LogP contribution in [-0.4, -0.2) is 24.4 Å². The Kier molecular flexibility index (Phi) is 4.44. The Morgan fingerprint density at radius 3 is 2.94 bits per heavy atom. The number of fused-ring (bicyclic) bond motifs is 1. The van der Waals surface area contributed by atoms with Gasteiger partial charge in [0.2, 0.25) is 0 Å². The van der Waals surface area contributed by atoms with Crippen LogP contribution in [0.25, 0.3) is 10.2 Å². The molecule has 18 heavy (non-hydrogen) atoms. The largest absolute Gasteiger partial charge is 0.320 e. The zero-order chi connectivity index (χ0) is 13.0. The summed E-state index contributed by atoms with van der Waals surface area (Å²) in [4.78, 5) is 16.7. The highest BCUT2D eigenvalue weighted by molar-refractivity contribution is 7.20. The number of carbonyl (C=O) groups is 1. The van der Waals surface area contributed by atoms with Gasteiger partial charge in [0.05, 0.1) is 10.2 Å². The molecule has 1 N–H and O–H groups in total. The Hall–Kier alpha value is -1.26. The van der Waals surface area contributed by atoms with Crippen molar-refractivity contribution in [2.45, 2.75) is 19.8 Å². The van der Waals surface area contributed by atoms with Gasteiger partial charge in [0.25, 0.3) is 0 Å². The highest BCUT2D eigenvalue weighted by atomic mass is 32.1. The monoisotopic (exact) mass is 262 g/mol. The van der Waals surface area contributed by atoms with Gasteiger partial charge in [0.15, 0.2) is 10.8 Å². The first-order valence-electron chi connectivity index (χ1n) is 6.26. The summed E-state index contributed by atoms with van der Waals surface area (Å²) in [6.45, 7) is 2.95. The summed E-state index contributed by atoms with van der Waals surface area (Å²) < 4.78 is 1.09. The number of carbonyl (C=O) groups excluding carboxylic acids is 1. The topological polar surface area (TPSA) is 42.0 Å². The molecule has 2 rings (SSSR count). The maximum absolute atomic E-state index is 12.2. The van der Waals surface area contributed by atoms with Crippen LogP contribution in [0, 0.1) is 5.92 Å². The molecule has 0 amide bonds. The first kappa shape index (κ1) is 13.2. The van der Waals surface area contributed by atoms with Crippen LogP contribution in [0.3, 0.4) is 0 Å². The predicted octanol–water partition coefficient (Wildman–Crippen LogP) is 3.11. The number of nitrogens with zero attached hydrogens (tertiary/aromatic N) is 1. The molecule has 0 spiro atoms. The Labute approximate surface area is 111 Å². The lowest BCUT2D eigenvalue weighted by Crippen LogP contribution is -2.14. The van der Waals surface area contributed by atoms with E-state index in [1.54, 1.807) is 0 Å². The van der Waals surface area contributed by atoms with Crippen molar-refractivity contribution < 1.29 is 4.79 Å². The van der Waals surface area contributed by atoms with Gasteiger partial charge >= 0.3 is 0 Å². The molecule has 0 aliphatic rings. The molecule has 0 bridgehead atoms. The van der Waals surface area contributed by atoms with E-state index in [0.29, 0.717) is 5.01 Å². The second-order valence-corrected chi connectivity index (χ2v) is 5.53. The van der Waals surface area contributed by atoms with Crippen molar-refractivity contribution in [3.05, 3.63) is 29.3 Å². The van der Waals surface area contributed by atoms with E-state index in [1.807, 2.05) is 38.2 Å². The van der Waals surface area contributed by atoms with Crippen LogP contribution in [0.15, 0.2) is 24.3 Å². The Morgan fingerprint density at radius 2 is 2.22 bits per heavy atom. The lowest BCUT2D eigenvalue weighted by molar-refractivity contribution is 0.0922. The molecule has 0 fully saturated rings. The molecule has 1 atom stereocenters. The fourth-order valence-electron chi connectivity index (χ4n) is 1.90. The maximum Gasteiger partial charge on any atom is 0.194 e. The molecule has 0 aliphatic heterocycles. The van der Waals surface area contributed by atoms with Crippen molar-refractivity contribution >= 4 is 27.3 Å². The summed E-state index contributed by atoms with van der Waals surface area (Å²) in [5, 5.41) is 3.75. The molecular weight excluding hydrogens is 244 g/mol. The first-order valence-corrected chi connectivity index (χ1v) is 7.08. The molecule has 1 aromatic carbocycles. The first-order chi connectivity index (χ1) is 8.72. The number of ketones is 1. The lowest BCUT2D eigenvalue weighted by Gasteiger charge is -2.07. The number of benzene rings is 1. The van der Waals surface area contributed by atoms with E-state index >= 15 is 0 Å². The van der Waals surface area contributed by atoms with Crippen molar-refractivity contribution in [3.63, 3.8) is 0 Å². The summed E-state index contributed by atoms with van der Waals surface area (Å²) >= 11 is 1.50. The normalized spacial score (nSPS) is 12.8. The molecule has 4 heteroatoms. The van der Waals surface area contributed by atoms with Gasteiger partial charge in [-0.1, -0.05) is 19.1 Å². The standard InChI is InChI=1S/C14H18N2OS/c1-10(6-5-9-15-2)13(17)14-16-11-7-3-4-8-12(11)18-14/h3-4,7-8,10,15H,5-6,9H2,1-2H3. The van der Waals surface area contributed by atoms with E-state index in [-0.39, 0.29) is 11.7 Å². The minimum atomic E-state index is 0.0545. The number of aromatic nitrogens is 1. The fraction of sp³-hybridized carbons (Fsp3) is 0.429. The minimum absolute atomic E-state index is 0.0545. The van der Waals surface area contributed by atoms with E-state index in [1.165, 1.54) is 11.3 Å². The molecule has 0 saturated heterocycles. The van der Waals surface area contributed by atoms with Crippen LogP contribution in [0.4, 0.5) is 0 Å². The Balaban J connectivity index is 2.08. The average molecular weight is 262 g/mol. The van der Waals surface area contributed by atoms with Crippen LogP contribution in [0.5, 0.6) is 0 Å². The molecule has 3 nitrogen and oxygen atoms in total. The van der Waals surface area contributed by atoms with Crippen LogP contribution < -0.4 is 5.32 Å². The summed E-state index contributed by atoms with van der Waals surface area (Å²) in [6, 6.07) is 7.89. The van der Waals surface area contributed by atoms with E-state index in [2.05, 4.69) is 10.3 Å². The van der Waals surface area contributed by atoms with Gasteiger partial charge in [0, 0.05) is 5.92 Å².